The molecule has 1 aromatic heterocycles. The van der Waals surface area contributed by atoms with E-state index in [9.17, 15) is 4.79 Å². The SMILES string of the molecule is CCOCCN(CCOCC)c1ccc(C(=O)O)cn1. The normalized spacial score (nSPS) is 10.5. The zero-order valence-electron chi connectivity index (χ0n) is 12.0. The molecule has 112 valence electrons. The van der Waals surface area contributed by atoms with Crippen LogP contribution in [-0.4, -0.2) is 55.6 Å². The molecule has 0 amide bonds. The van der Waals surface area contributed by atoms with Crippen LogP contribution in [0.3, 0.4) is 0 Å². The molecule has 0 aliphatic carbocycles. The van der Waals surface area contributed by atoms with Gasteiger partial charge < -0.3 is 19.5 Å². The van der Waals surface area contributed by atoms with Crippen molar-refractivity contribution >= 4 is 11.8 Å². The lowest BCUT2D eigenvalue weighted by atomic mass is 10.3. The highest BCUT2D eigenvalue weighted by Crippen LogP contribution is 2.11. The van der Waals surface area contributed by atoms with Crippen LogP contribution >= 0.6 is 0 Å². The Morgan fingerprint density at radius 3 is 2.20 bits per heavy atom. The lowest BCUT2D eigenvalue weighted by molar-refractivity contribution is 0.0696. The molecule has 1 N–H and O–H groups in total. The summed E-state index contributed by atoms with van der Waals surface area (Å²) >= 11 is 0. The molecule has 0 fully saturated rings. The fraction of sp³-hybridized carbons (Fsp3) is 0.571. The summed E-state index contributed by atoms with van der Waals surface area (Å²) in [6, 6.07) is 3.26. The average Bonchev–Trinajstić information content (AvgIpc) is 2.46. The van der Waals surface area contributed by atoms with Gasteiger partial charge in [-0.2, -0.15) is 0 Å². The van der Waals surface area contributed by atoms with Crippen molar-refractivity contribution in [3.63, 3.8) is 0 Å². The quantitative estimate of drug-likeness (QED) is 0.658. The fourth-order valence-electron chi connectivity index (χ4n) is 1.68. The maximum atomic E-state index is 10.8. The second kappa shape index (κ2) is 9.28. The van der Waals surface area contributed by atoms with Crippen molar-refractivity contribution in [2.24, 2.45) is 0 Å². The van der Waals surface area contributed by atoms with E-state index in [2.05, 4.69) is 4.98 Å². The molecule has 1 aromatic rings. The van der Waals surface area contributed by atoms with Crippen LogP contribution in [0.5, 0.6) is 0 Å². The maximum Gasteiger partial charge on any atom is 0.337 e. The molecule has 0 aliphatic rings. The number of hydrogen-bond acceptors (Lipinski definition) is 5. The van der Waals surface area contributed by atoms with Crippen LogP contribution in [0.4, 0.5) is 5.82 Å². The summed E-state index contributed by atoms with van der Waals surface area (Å²) in [5, 5.41) is 8.87. The molecule has 1 heterocycles. The van der Waals surface area contributed by atoms with Gasteiger partial charge in [-0.05, 0) is 26.0 Å². The van der Waals surface area contributed by atoms with Gasteiger partial charge in [0.05, 0.1) is 18.8 Å². The first-order chi connectivity index (χ1) is 9.69. The summed E-state index contributed by atoms with van der Waals surface area (Å²) in [5.41, 5.74) is 0.184. The topological polar surface area (TPSA) is 71.9 Å². The van der Waals surface area contributed by atoms with Crippen molar-refractivity contribution in [1.29, 1.82) is 0 Å². The number of rotatable bonds is 10. The highest BCUT2D eigenvalue weighted by atomic mass is 16.5. The zero-order valence-corrected chi connectivity index (χ0v) is 12.0. The number of carbonyl (C=O) groups is 1. The molecular formula is C14H22N2O4. The van der Waals surface area contributed by atoms with Gasteiger partial charge in [0, 0.05) is 32.5 Å². The number of ether oxygens (including phenoxy) is 2. The molecule has 20 heavy (non-hydrogen) atoms. The van der Waals surface area contributed by atoms with Crippen LogP contribution in [-0.2, 0) is 9.47 Å². The first-order valence-corrected chi connectivity index (χ1v) is 6.78. The Bertz CT molecular complexity index is 385. The summed E-state index contributed by atoms with van der Waals surface area (Å²) in [4.78, 5) is 17.0. The van der Waals surface area contributed by atoms with Gasteiger partial charge in [-0.3, -0.25) is 0 Å². The molecule has 0 spiro atoms. The summed E-state index contributed by atoms with van der Waals surface area (Å²) in [6.07, 6.45) is 1.37. The third kappa shape index (κ3) is 5.54. The number of carboxylic acid groups (broad SMARTS) is 1. The molecule has 1 rings (SSSR count). The van der Waals surface area contributed by atoms with Gasteiger partial charge in [-0.15, -0.1) is 0 Å². The minimum Gasteiger partial charge on any atom is -0.478 e. The molecule has 0 aromatic carbocycles. The van der Waals surface area contributed by atoms with Crippen molar-refractivity contribution < 1.29 is 19.4 Å². The van der Waals surface area contributed by atoms with E-state index in [4.69, 9.17) is 14.6 Å². The summed E-state index contributed by atoms with van der Waals surface area (Å²) in [7, 11) is 0. The van der Waals surface area contributed by atoms with Gasteiger partial charge in [-0.25, -0.2) is 9.78 Å². The van der Waals surface area contributed by atoms with Crippen LogP contribution in [0.15, 0.2) is 18.3 Å². The molecular weight excluding hydrogens is 260 g/mol. The van der Waals surface area contributed by atoms with Crippen molar-refractivity contribution in [2.75, 3.05) is 44.4 Å². The number of nitrogens with zero attached hydrogens (tertiary/aromatic N) is 2. The number of aromatic nitrogens is 1. The smallest absolute Gasteiger partial charge is 0.337 e. The van der Waals surface area contributed by atoms with E-state index in [1.165, 1.54) is 6.20 Å². The predicted molar refractivity (Wildman–Crippen MR) is 76.4 cm³/mol. The summed E-state index contributed by atoms with van der Waals surface area (Å²) < 4.78 is 10.7. The number of anilines is 1. The van der Waals surface area contributed by atoms with Crippen LogP contribution in [0.25, 0.3) is 0 Å². The number of carboxylic acids is 1. The van der Waals surface area contributed by atoms with E-state index in [-0.39, 0.29) is 5.56 Å². The summed E-state index contributed by atoms with van der Waals surface area (Å²) in [6.45, 7) is 7.83. The Balaban J connectivity index is 2.66. The molecule has 0 unspecified atom stereocenters. The van der Waals surface area contributed by atoms with E-state index in [1.54, 1.807) is 12.1 Å². The Labute approximate surface area is 119 Å². The third-order valence-electron chi connectivity index (χ3n) is 2.74. The minimum atomic E-state index is -0.973. The molecule has 0 bridgehead atoms. The standard InChI is InChI=1S/C14H22N2O4/c1-3-19-9-7-16(8-10-20-4-2)13-6-5-12(11-15-13)14(17)18/h5-6,11H,3-4,7-10H2,1-2H3,(H,17,18). The first kappa shape index (κ1) is 16.4. The molecule has 6 nitrogen and oxygen atoms in total. The van der Waals surface area contributed by atoms with Gasteiger partial charge in [0.1, 0.15) is 5.82 Å². The Morgan fingerprint density at radius 1 is 1.20 bits per heavy atom. The highest BCUT2D eigenvalue weighted by molar-refractivity contribution is 5.87. The molecule has 0 atom stereocenters. The first-order valence-electron chi connectivity index (χ1n) is 6.78. The molecule has 6 heteroatoms. The van der Waals surface area contributed by atoms with Crippen LogP contribution in [0.1, 0.15) is 24.2 Å². The number of pyridine rings is 1. The maximum absolute atomic E-state index is 10.8. The van der Waals surface area contributed by atoms with E-state index in [0.717, 1.165) is 5.82 Å². The number of aromatic carboxylic acids is 1. The van der Waals surface area contributed by atoms with Crippen molar-refractivity contribution in [1.82, 2.24) is 4.98 Å². The highest BCUT2D eigenvalue weighted by Gasteiger charge is 2.09. The van der Waals surface area contributed by atoms with Crippen LogP contribution in [0, 0.1) is 0 Å². The number of hydrogen-bond donors (Lipinski definition) is 1. The third-order valence-corrected chi connectivity index (χ3v) is 2.74. The molecule has 0 aliphatic heterocycles. The Hall–Kier alpha value is -1.66. The second-order valence-corrected chi connectivity index (χ2v) is 4.09. The van der Waals surface area contributed by atoms with E-state index >= 15 is 0 Å². The Kier molecular flexibility index (Phi) is 7.60. The van der Waals surface area contributed by atoms with Gasteiger partial charge in [0.2, 0.25) is 0 Å². The summed E-state index contributed by atoms with van der Waals surface area (Å²) in [5.74, 6) is -0.242. The zero-order chi connectivity index (χ0) is 14.8. The predicted octanol–water partition coefficient (Wildman–Crippen LogP) is 1.66. The lowest BCUT2D eigenvalue weighted by Gasteiger charge is -2.23. The fourth-order valence-corrected chi connectivity index (χ4v) is 1.68. The van der Waals surface area contributed by atoms with Gasteiger partial charge in [-0.1, -0.05) is 0 Å². The molecule has 0 radical (unpaired) electrons. The van der Waals surface area contributed by atoms with Gasteiger partial charge in [0.15, 0.2) is 0 Å². The minimum absolute atomic E-state index is 0.184. The van der Waals surface area contributed by atoms with Crippen LogP contribution in [0.2, 0.25) is 0 Å². The van der Waals surface area contributed by atoms with Crippen molar-refractivity contribution in [3.8, 4) is 0 Å². The average molecular weight is 282 g/mol. The largest absolute Gasteiger partial charge is 0.478 e. The van der Waals surface area contributed by atoms with Crippen molar-refractivity contribution in [2.45, 2.75) is 13.8 Å². The van der Waals surface area contributed by atoms with Gasteiger partial charge >= 0.3 is 5.97 Å². The van der Waals surface area contributed by atoms with E-state index in [0.29, 0.717) is 39.5 Å². The molecule has 0 saturated heterocycles. The van der Waals surface area contributed by atoms with E-state index in [1.807, 2.05) is 18.7 Å². The van der Waals surface area contributed by atoms with Gasteiger partial charge in [0.25, 0.3) is 0 Å². The van der Waals surface area contributed by atoms with Crippen LogP contribution < -0.4 is 4.90 Å². The Morgan fingerprint density at radius 2 is 1.80 bits per heavy atom. The monoisotopic (exact) mass is 282 g/mol. The van der Waals surface area contributed by atoms with Crippen molar-refractivity contribution in [3.05, 3.63) is 23.9 Å². The lowest BCUT2D eigenvalue weighted by Crippen LogP contribution is -2.31. The molecule has 0 saturated carbocycles. The second-order valence-electron chi connectivity index (χ2n) is 4.09. The van der Waals surface area contributed by atoms with E-state index < -0.39 is 5.97 Å².